The van der Waals surface area contributed by atoms with Crippen molar-refractivity contribution in [2.45, 2.75) is 56.1 Å². The number of piperidine rings is 1. The van der Waals surface area contributed by atoms with Crippen molar-refractivity contribution >= 4 is 16.2 Å². The van der Waals surface area contributed by atoms with E-state index >= 15 is 0 Å². The van der Waals surface area contributed by atoms with Crippen LogP contribution in [0, 0.1) is 0 Å². The molecular weight excluding hydrogens is 274 g/mol. The van der Waals surface area contributed by atoms with Gasteiger partial charge in [0.05, 0.1) is 23.9 Å². The standard InChI is InChI=1S/C11H17NO6S/c1-3-11-5-6(18-19(2,15)16)4-7(8-9(11)17-8)12(11)10(13)14/h6-9H,3-5H2,1-2H3,(H,13,14)/t6-,7+,8+,9+,11-/m1/s1. The first-order valence-corrected chi connectivity index (χ1v) is 8.16. The second-order valence-corrected chi connectivity index (χ2v) is 7.16. The van der Waals surface area contributed by atoms with Gasteiger partial charge in [-0.3, -0.25) is 9.08 Å². The first-order chi connectivity index (χ1) is 8.78. The molecule has 7 nitrogen and oxygen atoms in total. The molecule has 0 saturated carbocycles. The van der Waals surface area contributed by atoms with Crippen LogP contribution in [0.25, 0.3) is 0 Å². The summed E-state index contributed by atoms with van der Waals surface area (Å²) in [5.74, 6) is 0. The van der Waals surface area contributed by atoms with Crippen molar-refractivity contribution in [2.24, 2.45) is 0 Å². The Labute approximate surface area is 111 Å². The predicted octanol–water partition coefficient (Wildman–Crippen LogP) is 0.403. The second-order valence-electron chi connectivity index (χ2n) is 5.56. The molecule has 3 aliphatic rings. The zero-order valence-corrected chi connectivity index (χ0v) is 11.6. The Balaban J connectivity index is 1.89. The fourth-order valence-corrected chi connectivity index (χ4v) is 4.47. The topological polar surface area (TPSA) is 96.4 Å². The molecule has 0 aromatic carbocycles. The SMILES string of the molecule is CC[C@@]12C[C@H](OS(C)(=O)=O)C[C@@H]([C@@H]3O[C@@H]31)N2C(=O)O. The summed E-state index contributed by atoms with van der Waals surface area (Å²) in [6.07, 6.45) is 0.765. The van der Waals surface area contributed by atoms with E-state index in [1.165, 1.54) is 4.90 Å². The minimum atomic E-state index is -3.52. The average molecular weight is 291 g/mol. The summed E-state index contributed by atoms with van der Waals surface area (Å²) in [6.45, 7) is 1.90. The number of morpholine rings is 1. The minimum Gasteiger partial charge on any atom is -0.465 e. The first-order valence-electron chi connectivity index (χ1n) is 6.34. The molecule has 3 saturated heterocycles. The summed E-state index contributed by atoms with van der Waals surface area (Å²) in [6, 6.07) is -0.289. The maximum atomic E-state index is 11.4. The largest absolute Gasteiger partial charge is 0.465 e. The van der Waals surface area contributed by atoms with Crippen LogP contribution >= 0.6 is 0 Å². The quantitative estimate of drug-likeness (QED) is 0.597. The average Bonchev–Trinajstić information content (AvgIpc) is 3.01. The van der Waals surface area contributed by atoms with E-state index in [0.717, 1.165) is 6.26 Å². The van der Waals surface area contributed by atoms with E-state index < -0.39 is 27.9 Å². The normalized spacial score (nSPS) is 44.0. The van der Waals surface area contributed by atoms with Crippen LogP contribution in [-0.4, -0.2) is 60.7 Å². The Morgan fingerprint density at radius 3 is 2.79 bits per heavy atom. The predicted molar refractivity (Wildman–Crippen MR) is 64.3 cm³/mol. The molecule has 5 atom stereocenters. The van der Waals surface area contributed by atoms with Crippen molar-refractivity contribution < 1.29 is 27.2 Å². The van der Waals surface area contributed by atoms with Crippen molar-refractivity contribution in [3.8, 4) is 0 Å². The summed E-state index contributed by atoms with van der Waals surface area (Å²) in [7, 11) is -3.52. The third-order valence-electron chi connectivity index (χ3n) is 4.46. The lowest BCUT2D eigenvalue weighted by molar-refractivity contribution is -0.0481. The van der Waals surface area contributed by atoms with E-state index in [1.54, 1.807) is 0 Å². The summed E-state index contributed by atoms with van der Waals surface area (Å²) in [5.41, 5.74) is -0.630. The number of carbonyl (C=O) groups is 1. The van der Waals surface area contributed by atoms with Crippen LogP contribution in [0.4, 0.5) is 4.79 Å². The highest BCUT2D eigenvalue weighted by molar-refractivity contribution is 7.86. The van der Waals surface area contributed by atoms with Gasteiger partial charge in [-0.25, -0.2) is 4.79 Å². The molecule has 0 aliphatic carbocycles. The lowest BCUT2D eigenvalue weighted by atomic mass is 9.83. The number of amides is 1. The molecule has 3 rings (SSSR count). The van der Waals surface area contributed by atoms with Crippen LogP contribution in [-0.2, 0) is 19.0 Å². The molecule has 19 heavy (non-hydrogen) atoms. The van der Waals surface area contributed by atoms with Gasteiger partial charge in [-0.15, -0.1) is 0 Å². The number of nitrogens with zero attached hydrogens (tertiary/aromatic N) is 1. The van der Waals surface area contributed by atoms with E-state index in [1.807, 2.05) is 6.92 Å². The molecule has 0 unspecified atom stereocenters. The van der Waals surface area contributed by atoms with Gasteiger partial charge in [0.1, 0.15) is 12.2 Å². The number of rotatable bonds is 3. The number of epoxide rings is 1. The van der Waals surface area contributed by atoms with E-state index in [4.69, 9.17) is 8.92 Å². The molecule has 8 heteroatoms. The van der Waals surface area contributed by atoms with Gasteiger partial charge in [0.15, 0.2) is 0 Å². The lowest BCUT2D eigenvalue weighted by Gasteiger charge is -2.47. The van der Waals surface area contributed by atoms with Gasteiger partial charge >= 0.3 is 6.09 Å². The van der Waals surface area contributed by atoms with E-state index in [-0.39, 0.29) is 18.2 Å². The molecule has 3 aliphatic heterocycles. The first kappa shape index (κ1) is 13.1. The smallest absolute Gasteiger partial charge is 0.408 e. The van der Waals surface area contributed by atoms with Crippen molar-refractivity contribution in [3.05, 3.63) is 0 Å². The maximum Gasteiger partial charge on any atom is 0.408 e. The monoisotopic (exact) mass is 291 g/mol. The van der Waals surface area contributed by atoms with E-state index in [2.05, 4.69) is 0 Å². The zero-order chi connectivity index (χ0) is 14.0. The molecule has 0 aromatic rings. The summed E-state index contributed by atoms with van der Waals surface area (Å²) >= 11 is 0. The highest BCUT2D eigenvalue weighted by Gasteiger charge is 2.72. The highest BCUT2D eigenvalue weighted by Crippen LogP contribution is 2.56. The van der Waals surface area contributed by atoms with E-state index in [9.17, 15) is 18.3 Å². The highest BCUT2D eigenvalue weighted by atomic mass is 32.2. The van der Waals surface area contributed by atoms with Gasteiger partial charge in [-0.2, -0.15) is 8.42 Å². The van der Waals surface area contributed by atoms with Gasteiger partial charge in [0, 0.05) is 6.42 Å². The summed E-state index contributed by atoms with van der Waals surface area (Å²) < 4.78 is 33.1. The van der Waals surface area contributed by atoms with Crippen molar-refractivity contribution in [2.75, 3.05) is 6.26 Å². The van der Waals surface area contributed by atoms with Crippen LogP contribution in [0.2, 0.25) is 0 Å². The van der Waals surface area contributed by atoms with Crippen LogP contribution in [0.1, 0.15) is 26.2 Å². The van der Waals surface area contributed by atoms with Crippen LogP contribution < -0.4 is 0 Å². The molecule has 3 heterocycles. The molecule has 3 fully saturated rings. The number of carboxylic acid groups (broad SMARTS) is 1. The third-order valence-corrected chi connectivity index (χ3v) is 5.08. The lowest BCUT2D eigenvalue weighted by Crippen LogP contribution is -2.60. The van der Waals surface area contributed by atoms with Gasteiger partial charge in [-0.05, 0) is 12.8 Å². The van der Waals surface area contributed by atoms with Crippen LogP contribution in [0.5, 0.6) is 0 Å². The summed E-state index contributed by atoms with van der Waals surface area (Å²) in [5, 5.41) is 9.38. The van der Waals surface area contributed by atoms with Gasteiger partial charge in [0.2, 0.25) is 0 Å². The zero-order valence-electron chi connectivity index (χ0n) is 10.8. The van der Waals surface area contributed by atoms with Crippen molar-refractivity contribution in [3.63, 3.8) is 0 Å². The Morgan fingerprint density at radius 1 is 1.58 bits per heavy atom. The molecule has 0 aromatic heterocycles. The fourth-order valence-electron chi connectivity index (χ4n) is 3.83. The maximum absolute atomic E-state index is 11.4. The van der Waals surface area contributed by atoms with E-state index in [0.29, 0.717) is 19.3 Å². The number of hydrogen-bond donors (Lipinski definition) is 1. The molecule has 108 valence electrons. The second kappa shape index (κ2) is 3.83. The van der Waals surface area contributed by atoms with Gasteiger partial charge in [0.25, 0.3) is 10.1 Å². The molecular formula is C11H17NO6S. The number of ether oxygens (including phenoxy) is 1. The molecule has 1 amide bonds. The molecule has 0 spiro atoms. The van der Waals surface area contributed by atoms with Gasteiger partial charge in [-0.1, -0.05) is 6.92 Å². The number of fused-ring (bicyclic) bond motifs is 5. The third kappa shape index (κ3) is 1.85. The molecule has 1 N–H and O–H groups in total. The fraction of sp³-hybridized carbons (Fsp3) is 0.909. The van der Waals surface area contributed by atoms with Crippen molar-refractivity contribution in [1.82, 2.24) is 4.90 Å². The Bertz CT molecular complexity index is 519. The Hall–Kier alpha value is -0.860. The van der Waals surface area contributed by atoms with Gasteiger partial charge < -0.3 is 9.84 Å². The van der Waals surface area contributed by atoms with Crippen molar-refractivity contribution in [1.29, 1.82) is 0 Å². The summed E-state index contributed by atoms with van der Waals surface area (Å²) in [4.78, 5) is 12.9. The van der Waals surface area contributed by atoms with Crippen LogP contribution in [0.15, 0.2) is 0 Å². The van der Waals surface area contributed by atoms with Crippen LogP contribution in [0.3, 0.4) is 0 Å². The number of hydrogen-bond acceptors (Lipinski definition) is 5. The minimum absolute atomic E-state index is 0.0933. The molecule has 0 radical (unpaired) electrons. The Kier molecular flexibility index (Phi) is 2.65. The Morgan fingerprint density at radius 2 is 2.26 bits per heavy atom. The molecule has 2 bridgehead atoms.